The third-order valence-electron chi connectivity index (χ3n) is 4.48. The molecule has 117 valence electrons. The third kappa shape index (κ3) is 5.35. The highest BCUT2D eigenvalue weighted by Gasteiger charge is 2.25. The van der Waals surface area contributed by atoms with E-state index < -0.39 is 0 Å². The lowest BCUT2D eigenvalue weighted by molar-refractivity contribution is 0.0511. The minimum absolute atomic E-state index is 0.316. The van der Waals surface area contributed by atoms with E-state index in [1.165, 1.54) is 56.9 Å². The molecule has 0 bridgehead atoms. The summed E-state index contributed by atoms with van der Waals surface area (Å²) in [6.07, 6.45) is 10.7. The van der Waals surface area contributed by atoms with Gasteiger partial charge in [-0.1, -0.05) is 44.7 Å². The van der Waals surface area contributed by atoms with E-state index in [0.717, 1.165) is 11.7 Å². The molecule has 2 nitrogen and oxygen atoms in total. The fraction of sp³-hybridized carbons (Fsp3) is 0.632. The van der Waals surface area contributed by atoms with Crippen molar-refractivity contribution in [3.05, 3.63) is 35.7 Å². The molecule has 1 radical (unpaired) electrons. The number of ether oxygens (including phenoxy) is 2. The van der Waals surface area contributed by atoms with Crippen molar-refractivity contribution in [3.8, 4) is 5.75 Å². The Morgan fingerprint density at radius 3 is 2.67 bits per heavy atom. The van der Waals surface area contributed by atoms with Gasteiger partial charge in [0, 0.05) is 7.11 Å². The fourth-order valence-electron chi connectivity index (χ4n) is 3.26. The van der Waals surface area contributed by atoms with Crippen LogP contribution in [-0.4, -0.2) is 13.9 Å². The molecule has 0 N–H and O–H groups in total. The number of methoxy groups -OCH3 is 1. The maximum atomic E-state index is 5.45. The second kappa shape index (κ2) is 9.09. The Hall–Kier alpha value is -1.02. The minimum atomic E-state index is 0.316. The molecular weight excluding hydrogens is 260 g/mol. The van der Waals surface area contributed by atoms with Crippen molar-refractivity contribution in [2.24, 2.45) is 5.92 Å². The average molecular weight is 289 g/mol. The Labute approximate surface area is 129 Å². The summed E-state index contributed by atoms with van der Waals surface area (Å²) < 4.78 is 10.4. The fourth-order valence-corrected chi connectivity index (χ4v) is 3.26. The lowest BCUT2D eigenvalue weighted by Crippen LogP contribution is -2.19. The second-order valence-electron chi connectivity index (χ2n) is 6.10. The van der Waals surface area contributed by atoms with Crippen LogP contribution in [0, 0.1) is 11.8 Å². The number of rotatable bonds is 8. The summed E-state index contributed by atoms with van der Waals surface area (Å²) in [5.74, 6) is 3.51. The highest BCUT2D eigenvalue weighted by Crippen LogP contribution is 2.37. The summed E-state index contributed by atoms with van der Waals surface area (Å²) in [6.45, 7) is 2.61. The first kappa shape index (κ1) is 16.4. The maximum absolute atomic E-state index is 5.45. The Balaban J connectivity index is 1.89. The van der Waals surface area contributed by atoms with Crippen molar-refractivity contribution >= 4 is 0 Å². The minimum Gasteiger partial charge on any atom is -0.468 e. The van der Waals surface area contributed by atoms with Gasteiger partial charge in [-0.2, -0.15) is 0 Å². The summed E-state index contributed by atoms with van der Waals surface area (Å²) in [4.78, 5) is 0. The summed E-state index contributed by atoms with van der Waals surface area (Å²) in [7, 11) is 1.64. The van der Waals surface area contributed by atoms with Gasteiger partial charge in [-0.25, -0.2) is 0 Å². The van der Waals surface area contributed by atoms with Crippen molar-refractivity contribution in [1.29, 1.82) is 0 Å². The molecule has 1 aromatic rings. The van der Waals surface area contributed by atoms with Crippen LogP contribution in [0.5, 0.6) is 5.75 Å². The molecule has 0 spiro atoms. The molecule has 0 aromatic heterocycles. The molecule has 0 saturated heterocycles. The first-order valence-corrected chi connectivity index (χ1v) is 8.38. The molecule has 1 saturated carbocycles. The predicted octanol–water partition coefficient (Wildman–Crippen LogP) is 5.17. The molecule has 0 heterocycles. The molecule has 1 atom stereocenters. The zero-order valence-corrected chi connectivity index (χ0v) is 13.6. The normalized spacial score (nSPS) is 19.6. The summed E-state index contributed by atoms with van der Waals surface area (Å²) in [5, 5.41) is 0. The van der Waals surface area contributed by atoms with E-state index in [4.69, 9.17) is 9.47 Å². The standard InChI is InChI=1S/C19H29O2/c1-3-4-7-17-8-5-6-9-18(17)14-16-10-12-19(13-11-16)21-15-20-2/h10-13,18H,3-9,14-15H2,1-2H3. The van der Waals surface area contributed by atoms with Gasteiger partial charge >= 0.3 is 0 Å². The molecule has 1 fully saturated rings. The molecule has 1 aliphatic carbocycles. The molecular formula is C19H29O2. The number of benzene rings is 1. The van der Waals surface area contributed by atoms with Crippen LogP contribution in [0.2, 0.25) is 0 Å². The molecule has 2 heteroatoms. The van der Waals surface area contributed by atoms with E-state index in [9.17, 15) is 0 Å². The number of unbranched alkanes of at least 4 members (excludes halogenated alkanes) is 1. The highest BCUT2D eigenvalue weighted by atomic mass is 16.7. The molecule has 1 unspecified atom stereocenters. The van der Waals surface area contributed by atoms with E-state index in [1.54, 1.807) is 7.11 Å². The Kier molecular flexibility index (Phi) is 7.08. The summed E-state index contributed by atoms with van der Waals surface area (Å²) in [5.41, 5.74) is 1.43. The summed E-state index contributed by atoms with van der Waals surface area (Å²) in [6, 6.07) is 8.53. The van der Waals surface area contributed by atoms with Crippen LogP contribution in [0.15, 0.2) is 24.3 Å². The molecule has 0 aliphatic heterocycles. The zero-order chi connectivity index (χ0) is 14.9. The SMILES string of the molecule is CCCC[C]1CCCCC1Cc1ccc(OCOC)cc1. The molecule has 1 aromatic carbocycles. The Bertz CT molecular complexity index is 385. The lowest BCUT2D eigenvalue weighted by atomic mass is 9.74. The van der Waals surface area contributed by atoms with Crippen LogP contribution in [0.4, 0.5) is 0 Å². The van der Waals surface area contributed by atoms with Crippen LogP contribution >= 0.6 is 0 Å². The van der Waals surface area contributed by atoms with E-state index in [-0.39, 0.29) is 0 Å². The lowest BCUT2D eigenvalue weighted by Gasteiger charge is -2.31. The highest BCUT2D eigenvalue weighted by molar-refractivity contribution is 5.28. The van der Waals surface area contributed by atoms with Crippen LogP contribution in [0.25, 0.3) is 0 Å². The van der Waals surface area contributed by atoms with Gasteiger partial charge in [-0.15, -0.1) is 0 Å². The molecule has 21 heavy (non-hydrogen) atoms. The van der Waals surface area contributed by atoms with Gasteiger partial charge in [-0.05, 0) is 55.2 Å². The van der Waals surface area contributed by atoms with E-state index in [2.05, 4.69) is 31.2 Å². The van der Waals surface area contributed by atoms with Gasteiger partial charge in [0.15, 0.2) is 6.79 Å². The third-order valence-corrected chi connectivity index (χ3v) is 4.48. The molecule has 0 amide bonds. The first-order chi connectivity index (χ1) is 10.3. The molecule has 1 aliphatic rings. The van der Waals surface area contributed by atoms with Crippen LogP contribution in [-0.2, 0) is 11.2 Å². The van der Waals surface area contributed by atoms with Gasteiger partial charge in [0.1, 0.15) is 5.75 Å². The Morgan fingerprint density at radius 2 is 1.95 bits per heavy atom. The van der Waals surface area contributed by atoms with Gasteiger partial charge in [0.25, 0.3) is 0 Å². The second-order valence-corrected chi connectivity index (χ2v) is 6.10. The van der Waals surface area contributed by atoms with Crippen LogP contribution in [0.3, 0.4) is 0 Å². The van der Waals surface area contributed by atoms with Crippen LogP contribution < -0.4 is 4.74 Å². The van der Waals surface area contributed by atoms with Crippen LogP contribution in [0.1, 0.15) is 57.4 Å². The van der Waals surface area contributed by atoms with Crippen molar-refractivity contribution < 1.29 is 9.47 Å². The number of hydrogen-bond acceptors (Lipinski definition) is 2. The van der Waals surface area contributed by atoms with E-state index in [0.29, 0.717) is 6.79 Å². The summed E-state index contributed by atoms with van der Waals surface area (Å²) >= 11 is 0. The number of hydrogen-bond donors (Lipinski definition) is 0. The first-order valence-electron chi connectivity index (χ1n) is 8.38. The average Bonchev–Trinajstić information content (AvgIpc) is 2.53. The predicted molar refractivity (Wildman–Crippen MR) is 87.4 cm³/mol. The molecule has 2 rings (SSSR count). The largest absolute Gasteiger partial charge is 0.468 e. The topological polar surface area (TPSA) is 18.5 Å². The zero-order valence-electron chi connectivity index (χ0n) is 13.6. The van der Waals surface area contributed by atoms with Crippen molar-refractivity contribution in [2.45, 2.75) is 58.3 Å². The maximum Gasteiger partial charge on any atom is 0.188 e. The van der Waals surface area contributed by atoms with Crippen molar-refractivity contribution in [1.82, 2.24) is 0 Å². The Morgan fingerprint density at radius 1 is 1.14 bits per heavy atom. The van der Waals surface area contributed by atoms with Gasteiger partial charge in [-0.3, -0.25) is 0 Å². The van der Waals surface area contributed by atoms with Gasteiger partial charge < -0.3 is 9.47 Å². The van der Waals surface area contributed by atoms with Gasteiger partial charge in [0.05, 0.1) is 0 Å². The van der Waals surface area contributed by atoms with Gasteiger partial charge in [0.2, 0.25) is 0 Å². The smallest absolute Gasteiger partial charge is 0.188 e. The van der Waals surface area contributed by atoms with Crippen molar-refractivity contribution in [2.75, 3.05) is 13.9 Å². The van der Waals surface area contributed by atoms with Crippen molar-refractivity contribution in [3.63, 3.8) is 0 Å². The van der Waals surface area contributed by atoms with E-state index in [1.807, 2.05) is 5.92 Å². The monoisotopic (exact) mass is 289 g/mol. The quantitative estimate of drug-likeness (QED) is 0.615. The van der Waals surface area contributed by atoms with E-state index >= 15 is 0 Å².